The predicted octanol–water partition coefficient (Wildman–Crippen LogP) is 3.01. The van der Waals surface area contributed by atoms with Crippen LogP contribution in [0.4, 0.5) is 0 Å². The highest BCUT2D eigenvalue weighted by Gasteiger charge is 2.35. The van der Waals surface area contributed by atoms with Gasteiger partial charge < -0.3 is 15.4 Å². The van der Waals surface area contributed by atoms with Crippen molar-refractivity contribution in [2.45, 2.75) is 50.4 Å². The van der Waals surface area contributed by atoms with E-state index in [0.717, 1.165) is 51.1 Å². The highest BCUT2D eigenvalue weighted by Crippen LogP contribution is 2.39. The van der Waals surface area contributed by atoms with Gasteiger partial charge in [0.25, 0.3) is 0 Å². The minimum atomic E-state index is 0.0856. The largest absolute Gasteiger partial charge is 0.497 e. The smallest absolute Gasteiger partial charge is 0.224 e. The molecule has 2 fully saturated rings. The van der Waals surface area contributed by atoms with Crippen molar-refractivity contribution in [1.29, 1.82) is 0 Å². The Hall–Kier alpha value is -1.55. The highest BCUT2D eigenvalue weighted by atomic mass is 16.5. The Balaban J connectivity index is 1.69. The van der Waals surface area contributed by atoms with E-state index in [0.29, 0.717) is 0 Å². The average Bonchev–Trinajstić information content (AvgIpc) is 2.67. The molecule has 24 heavy (non-hydrogen) atoms. The summed E-state index contributed by atoms with van der Waals surface area (Å²) in [6, 6.07) is 8.44. The number of hydrogen-bond acceptors (Lipinski definition) is 3. The first-order chi connectivity index (χ1) is 11.7. The molecule has 2 N–H and O–H groups in total. The van der Waals surface area contributed by atoms with Gasteiger partial charge in [-0.15, -0.1) is 0 Å². The zero-order valence-electron chi connectivity index (χ0n) is 14.8. The third kappa shape index (κ3) is 3.92. The van der Waals surface area contributed by atoms with Gasteiger partial charge in [0, 0.05) is 18.5 Å². The van der Waals surface area contributed by atoms with Gasteiger partial charge in [0.15, 0.2) is 0 Å². The van der Waals surface area contributed by atoms with E-state index in [1.54, 1.807) is 7.11 Å². The molecule has 1 aromatic carbocycles. The Kier molecular flexibility index (Phi) is 5.77. The van der Waals surface area contributed by atoms with Gasteiger partial charge in [0.05, 0.1) is 13.0 Å². The number of methoxy groups -OCH3 is 1. The summed E-state index contributed by atoms with van der Waals surface area (Å²) < 4.78 is 5.29. The van der Waals surface area contributed by atoms with Crippen LogP contribution < -0.4 is 15.4 Å². The van der Waals surface area contributed by atoms with Crippen LogP contribution in [0.3, 0.4) is 0 Å². The van der Waals surface area contributed by atoms with E-state index in [2.05, 4.69) is 22.8 Å². The summed E-state index contributed by atoms with van der Waals surface area (Å²) in [6.07, 6.45) is 8.21. The summed E-state index contributed by atoms with van der Waals surface area (Å²) >= 11 is 0. The molecule has 1 aliphatic carbocycles. The van der Waals surface area contributed by atoms with Crippen LogP contribution in [0.5, 0.6) is 5.75 Å². The molecule has 2 aliphatic rings. The molecule has 0 bridgehead atoms. The summed E-state index contributed by atoms with van der Waals surface area (Å²) in [5.41, 5.74) is 1.42. The number of carbonyl (C=O) groups excluding carboxylic acids is 1. The maximum Gasteiger partial charge on any atom is 0.224 e. The number of benzene rings is 1. The summed E-state index contributed by atoms with van der Waals surface area (Å²) in [6.45, 7) is 2.62. The summed E-state index contributed by atoms with van der Waals surface area (Å²) in [7, 11) is 1.70. The molecule has 1 aliphatic heterocycles. The minimum Gasteiger partial charge on any atom is -0.497 e. The van der Waals surface area contributed by atoms with E-state index in [1.165, 1.54) is 24.8 Å². The second kappa shape index (κ2) is 8.02. The number of amides is 1. The molecule has 1 aromatic rings. The summed E-state index contributed by atoms with van der Waals surface area (Å²) in [4.78, 5) is 12.5. The molecule has 4 nitrogen and oxygen atoms in total. The van der Waals surface area contributed by atoms with Gasteiger partial charge >= 0.3 is 0 Å². The van der Waals surface area contributed by atoms with Gasteiger partial charge in [-0.1, -0.05) is 31.4 Å². The summed E-state index contributed by atoms with van der Waals surface area (Å²) in [5.74, 6) is 1.25. The average molecular weight is 330 g/mol. The molecular weight excluding hydrogens is 300 g/mol. The van der Waals surface area contributed by atoms with Crippen molar-refractivity contribution in [3.05, 3.63) is 29.8 Å². The second-order valence-corrected chi connectivity index (χ2v) is 7.33. The number of piperidine rings is 1. The van der Waals surface area contributed by atoms with Crippen molar-refractivity contribution in [3.63, 3.8) is 0 Å². The molecule has 1 unspecified atom stereocenters. The van der Waals surface area contributed by atoms with E-state index < -0.39 is 0 Å². The maximum absolute atomic E-state index is 12.5. The van der Waals surface area contributed by atoms with E-state index >= 15 is 0 Å². The quantitative estimate of drug-likeness (QED) is 0.872. The first-order valence-electron chi connectivity index (χ1n) is 9.36. The van der Waals surface area contributed by atoms with Crippen LogP contribution in [-0.4, -0.2) is 32.7 Å². The van der Waals surface area contributed by atoms with Gasteiger partial charge in [-0.05, 0) is 49.9 Å². The normalized spacial score (nSPS) is 23.5. The van der Waals surface area contributed by atoms with Gasteiger partial charge in [-0.2, -0.15) is 0 Å². The first kappa shape index (κ1) is 17.3. The molecule has 0 aromatic heterocycles. The van der Waals surface area contributed by atoms with Gasteiger partial charge in [-0.25, -0.2) is 0 Å². The van der Waals surface area contributed by atoms with Gasteiger partial charge in [-0.3, -0.25) is 4.79 Å². The third-order valence-electron chi connectivity index (χ3n) is 5.78. The molecule has 1 amide bonds. The molecule has 1 heterocycles. The molecule has 0 spiro atoms. The lowest BCUT2D eigenvalue weighted by Gasteiger charge is -2.38. The fourth-order valence-corrected chi connectivity index (χ4v) is 4.22. The lowest BCUT2D eigenvalue weighted by Crippen LogP contribution is -2.46. The number of rotatable bonds is 5. The summed E-state index contributed by atoms with van der Waals surface area (Å²) in [5, 5.41) is 6.61. The van der Waals surface area contributed by atoms with Crippen molar-refractivity contribution >= 4 is 5.91 Å². The first-order valence-corrected chi connectivity index (χ1v) is 9.36. The van der Waals surface area contributed by atoms with E-state index in [9.17, 15) is 4.79 Å². The monoisotopic (exact) mass is 330 g/mol. The molecular formula is C20H30N2O2. The molecule has 3 rings (SSSR count). The number of hydrogen-bond donors (Lipinski definition) is 2. The number of carbonyl (C=O) groups is 1. The molecule has 1 atom stereocenters. The maximum atomic E-state index is 12.5. The standard InChI is InChI=1S/C20H30N2O2/c1-24-18-9-7-17(8-10-18)20(11-3-2-4-12-20)15-22-19(23)16-6-5-13-21-14-16/h7-10,16,21H,2-6,11-15H2,1H3,(H,22,23). The fraction of sp³-hybridized carbons (Fsp3) is 0.650. The van der Waals surface area contributed by atoms with Gasteiger partial charge in [0.2, 0.25) is 5.91 Å². The van der Waals surface area contributed by atoms with E-state index in [4.69, 9.17) is 4.74 Å². The Labute approximate surface area is 145 Å². The van der Waals surface area contributed by atoms with Crippen LogP contribution in [-0.2, 0) is 10.2 Å². The second-order valence-electron chi connectivity index (χ2n) is 7.33. The van der Waals surface area contributed by atoms with E-state index in [-0.39, 0.29) is 17.2 Å². The van der Waals surface area contributed by atoms with Crippen molar-refractivity contribution in [1.82, 2.24) is 10.6 Å². The van der Waals surface area contributed by atoms with Crippen LogP contribution in [0.25, 0.3) is 0 Å². The van der Waals surface area contributed by atoms with Crippen molar-refractivity contribution in [2.75, 3.05) is 26.7 Å². The van der Waals surface area contributed by atoms with Crippen LogP contribution in [0.2, 0.25) is 0 Å². The Morgan fingerprint density at radius 3 is 2.58 bits per heavy atom. The Morgan fingerprint density at radius 2 is 1.96 bits per heavy atom. The SMILES string of the molecule is COc1ccc(C2(CNC(=O)C3CCCNC3)CCCCC2)cc1. The lowest BCUT2D eigenvalue weighted by molar-refractivity contribution is -0.125. The zero-order valence-corrected chi connectivity index (χ0v) is 14.8. The topological polar surface area (TPSA) is 50.4 Å². The fourth-order valence-electron chi connectivity index (χ4n) is 4.22. The van der Waals surface area contributed by atoms with Crippen molar-refractivity contribution < 1.29 is 9.53 Å². The van der Waals surface area contributed by atoms with Crippen LogP contribution >= 0.6 is 0 Å². The highest BCUT2D eigenvalue weighted by molar-refractivity contribution is 5.79. The van der Waals surface area contributed by atoms with Crippen LogP contribution in [0, 0.1) is 5.92 Å². The Morgan fingerprint density at radius 1 is 1.21 bits per heavy atom. The van der Waals surface area contributed by atoms with Crippen LogP contribution in [0.1, 0.15) is 50.5 Å². The van der Waals surface area contributed by atoms with Crippen molar-refractivity contribution in [2.24, 2.45) is 5.92 Å². The van der Waals surface area contributed by atoms with Crippen LogP contribution in [0.15, 0.2) is 24.3 Å². The molecule has 132 valence electrons. The van der Waals surface area contributed by atoms with E-state index in [1.807, 2.05) is 12.1 Å². The molecule has 4 heteroatoms. The zero-order chi connectivity index (χ0) is 16.8. The molecule has 1 saturated carbocycles. The number of ether oxygens (including phenoxy) is 1. The number of nitrogens with one attached hydrogen (secondary N) is 2. The minimum absolute atomic E-state index is 0.0856. The third-order valence-corrected chi connectivity index (χ3v) is 5.78. The van der Waals surface area contributed by atoms with Gasteiger partial charge in [0.1, 0.15) is 5.75 Å². The lowest BCUT2D eigenvalue weighted by atomic mass is 9.69. The molecule has 1 saturated heterocycles. The Bertz CT molecular complexity index is 529. The predicted molar refractivity (Wildman–Crippen MR) is 96.4 cm³/mol. The van der Waals surface area contributed by atoms with Crippen molar-refractivity contribution in [3.8, 4) is 5.75 Å². The molecule has 0 radical (unpaired) electrons.